The predicted octanol–water partition coefficient (Wildman–Crippen LogP) is 7.08. The zero-order chi connectivity index (χ0) is 23.7. The first-order chi connectivity index (χ1) is 17.1. The standard InChI is InChI=1S/C27H21N6OP/c34-35(31-22-13-19-7-1-4-10-25(19)28-16-22,32-23-14-20-8-2-5-11-26(20)29-17-23)33-24-15-21-9-3-6-12-27(21)30-18-24/h1-18H,(H3,31,32,33,34). The van der Waals surface area contributed by atoms with Crippen molar-refractivity contribution in [3.05, 3.63) is 110 Å². The van der Waals surface area contributed by atoms with Crippen LogP contribution in [0, 0.1) is 0 Å². The van der Waals surface area contributed by atoms with E-state index in [1.54, 1.807) is 18.6 Å². The van der Waals surface area contributed by atoms with Gasteiger partial charge in [0, 0.05) is 16.2 Å². The highest BCUT2D eigenvalue weighted by Gasteiger charge is 2.23. The van der Waals surface area contributed by atoms with Gasteiger partial charge in [-0.25, -0.2) is 0 Å². The van der Waals surface area contributed by atoms with E-state index in [1.807, 2.05) is 91.0 Å². The minimum atomic E-state index is -3.49. The van der Waals surface area contributed by atoms with E-state index in [0.717, 1.165) is 32.7 Å². The van der Waals surface area contributed by atoms with E-state index in [-0.39, 0.29) is 0 Å². The Morgan fingerprint density at radius 1 is 0.486 bits per heavy atom. The lowest BCUT2D eigenvalue weighted by Crippen LogP contribution is -2.14. The van der Waals surface area contributed by atoms with Crippen molar-refractivity contribution in [2.45, 2.75) is 0 Å². The number of para-hydroxylation sites is 3. The lowest BCUT2D eigenvalue weighted by molar-refractivity contribution is 0.585. The molecule has 8 heteroatoms. The molecule has 35 heavy (non-hydrogen) atoms. The number of pyridine rings is 3. The van der Waals surface area contributed by atoms with Gasteiger partial charge in [-0.1, -0.05) is 54.6 Å². The van der Waals surface area contributed by atoms with Crippen LogP contribution in [0.2, 0.25) is 0 Å². The van der Waals surface area contributed by atoms with Crippen molar-refractivity contribution < 1.29 is 4.57 Å². The molecule has 7 nitrogen and oxygen atoms in total. The molecule has 170 valence electrons. The second-order valence-corrected chi connectivity index (χ2v) is 10.1. The highest BCUT2D eigenvalue weighted by atomic mass is 31.2. The van der Waals surface area contributed by atoms with Gasteiger partial charge in [-0.3, -0.25) is 19.5 Å². The second kappa shape index (κ2) is 8.70. The summed E-state index contributed by atoms with van der Waals surface area (Å²) in [6.45, 7) is 0. The highest BCUT2D eigenvalue weighted by molar-refractivity contribution is 7.68. The van der Waals surface area contributed by atoms with Crippen molar-refractivity contribution in [3.8, 4) is 0 Å². The van der Waals surface area contributed by atoms with Crippen LogP contribution in [0.5, 0.6) is 0 Å². The Morgan fingerprint density at radius 3 is 1.14 bits per heavy atom. The van der Waals surface area contributed by atoms with E-state index < -0.39 is 7.59 Å². The van der Waals surface area contributed by atoms with E-state index in [9.17, 15) is 4.57 Å². The molecule has 0 saturated carbocycles. The zero-order valence-electron chi connectivity index (χ0n) is 18.6. The van der Waals surface area contributed by atoms with Crippen LogP contribution in [0.25, 0.3) is 32.7 Å². The fraction of sp³-hybridized carbons (Fsp3) is 0. The van der Waals surface area contributed by atoms with Gasteiger partial charge in [0.05, 0.1) is 52.2 Å². The number of aromatic nitrogens is 3. The number of nitrogens with zero attached hydrogens (tertiary/aromatic N) is 3. The minimum Gasteiger partial charge on any atom is -0.302 e. The first kappa shape index (κ1) is 21.1. The van der Waals surface area contributed by atoms with Crippen molar-refractivity contribution in [2.24, 2.45) is 0 Å². The third kappa shape index (κ3) is 4.50. The molecular formula is C27H21N6OP. The number of nitrogens with one attached hydrogen (secondary N) is 3. The lowest BCUT2D eigenvalue weighted by Gasteiger charge is -2.24. The molecule has 3 aromatic heterocycles. The molecule has 0 aliphatic heterocycles. The Labute approximate surface area is 201 Å². The summed E-state index contributed by atoms with van der Waals surface area (Å²) in [6.07, 6.45) is 5.03. The molecule has 0 radical (unpaired) electrons. The van der Waals surface area contributed by atoms with Gasteiger partial charge in [0.15, 0.2) is 0 Å². The summed E-state index contributed by atoms with van der Waals surface area (Å²) in [5.74, 6) is 0. The Kier molecular flexibility index (Phi) is 5.24. The number of hydrogen-bond acceptors (Lipinski definition) is 4. The Bertz CT molecular complexity index is 1540. The van der Waals surface area contributed by atoms with Gasteiger partial charge >= 0.3 is 7.59 Å². The summed E-state index contributed by atoms with van der Waals surface area (Å²) in [5, 5.41) is 12.3. The summed E-state index contributed by atoms with van der Waals surface area (Å²) < 4.78 is 14.3. The molecule has 0 saturated heterocycles. The predicted molar refractivity (Wildman–Crippen MR) is 144 cm³/mol. The molecule has 6 aromatic rings. The average molecular weight is 476 g/mol. The molecule has 0 spiro atoms. The largest absolute Gasteiger partial charge is 0.352 e. The number of anilines is 3. The zero-order valence-corrected chi connectivity index (χ0v) is 19.5. The van der Waals surface area contributed by atoms with Crippen LogP contribution >= 0.6 is 7.59 Å². The van der Waals surface area contributed by atoms with E-state index in [2.05, 4.69) is 30.2 Å². The van der Waals surface area contributed by atoms with E-state index >= 15 is 0 Å². The smallest absolute Gasteiger partial charge is 0.302 e. The molecule has 0 unspecified atom stereocenters. The van der Waals surface area contributed by atoms with Gasteiger partial charge in [-0.15, -0.1) is 0 Å². The monoisotopic (exact) mass is 476 g/mol. The van der Waals surface area contributed by atoms with Gasteiger partial charge in [-0.05, 0) is 36.4 Å². The maximum atomic E-state index is 14.3. The molecule has 0 bridgehead atoms. The van der Waals surface area contributed by atoms with Crippen molar-refractivity contribution >= 4 is 57.4 Å². The normalized spacial score (nSPS) is 11.5. The first-order valence-electron chi connectivity index (χ1n) is 11.1. The van der Waals surface area contributed by atoms with E-state index in [1.165, 1.54) is 0 Å². The van der Waals surface area contributed by atoms with Crippen LogP contribution in [0.4, 0.5) is 17.1 Å². The molecule has 0 fully saturated rings. The average Bonchev–Trinajstić information content (AvgIpc) is 2.88. The van der Waals surface area contributed by atoms with E-state index in [4.69, 9.17) is 0 Å². The highest BCUT2D eigenvalue weighted by Crippen LogP contribution is 2.46. The first-order valence-corrected chi connectivity index (χ1v) is 12.8. The number of hydrogen-bond donors (Lipinski definition) is 3. The Morgan fingerprint density at radius 2 is 0.800 bits per heavy atom. The van der Waals surface area contributed by atoms with Crippen molar-refractivity contribution in [1.29, 1.82) is 0 Å². The summed E-state index contributed by atoms with van der Waals surface area (Å²) >= 11 is 0. The van der Waals surface area contributed by atoms with E-state index in [0.29, 0.717) is 17.1 Å². The summed E-state index contributed by atoms with van der Waals surface area (Å²) in [7, 11) is -3.49. The van der Waals surface area contributed by atoms with Crippen molar-refractivity contribution in [3.63, 3.8) is 0 Å². The van der Waals surface area contributed by atoms with Gasteiger partial charge in [0.25, 0.3) is 0 Å². The van der Waals surface area contributed by atoms with Gasteiger partial charge < -0.3 is 15.3 Å². The number of benzene rings is 3. The maximum Gasteiger partial charge on any atom is 0.352 e. The van der Waals surface area contributed by atoms with Crippen LogP contribution in [0.3, 0.4) is 0 Å². The van der Waals surface area contributed by atoms with Crippen molar-refractivity contribution in [2.75, 3.05) is 15.3 Å². The lowest BCUT2D eigenvalue weighted by atomic mass is 10.2. The molecule has 3 heterocycles. The molecule has 3 N–H and O–H groups in total. The Hall–Kier alpha value is -4.48. The van der Waals surface area contributed by atoms with Gasteiger partial charge in [-0.2, -0.15) is 0 Å². The molecule has 0 amide bonds. The molecule has 0 aliphatic carbocycles. The molecule has 0 aliphatic rings. The number of rotatable bonds is 6. The molecule has 3 aromatic carbocycles. The fourth-order valence-electron chi connectivity index (χ4n) is 4.03. The SMILES string of the molecule is O=P(Nc1cnc2ccccc2c1)(Nc1cnc2ccccc2c1)Nc1cnc2ccccc2c1. The third-order valence-corrected chi connectivity index (χ3v) is 7.35. The quantitative estimate of drug-likeness (QED) is 0.221. The second-order valence-electron chi connectivity index (χ2n) is 8.19. The fourth-order valence-corrected chi connectivity index (χ4v) is 5.65. The molecular weight excluding hydrogens is 455 g/mol. The van der Waals surface area contributed by atoms with Crippen LogP contribution in [-0.2, 0) is 4.57 Å². The van der Waals surface area contributed by atoms with Crippen LogP contribution < -0.4 is 15.3 Å². The van der Waals surface area contributed by atoms with Gasteiger partial charge in [0.1, 0.15) is 0 Å². The van der Waals surface area contributed by atoms with Crippen molar-refractivity contribution in [1.82, 2.24) is 15.0 Å². The van der Waals surface area contributed by atoms with Crippen LogP contribution in [0.1, 0.15) is 0 Å². The molecule has 0 atom stereocenters. The topological polar surface area (TPSA) is 91.8 Å². The van der Waals surface area contributed by atoms with Crippen LogP contribution in [0.15, 0.2) is 110 Å². The van der Waals surface area contributed by atoms with Crippen LogP contribution in [-0.4, -0.2) is 15.0 Å². The third-order valence-electron chi connectivity index (χ3n) is 5.63. The van der Waals surface area contributed by atoms with Gasteiger partial charge in [0.2, 0.25) is 0 Å². The number of fused-ring (bicyclic) bond motifs is 3. The molecule has 6 rings (SSSR count). The summed E-state index contributed by atoms with van der Waals surface area (Å²) in [5.41, 5.74) is 4.46. The maximum absolute atomic E-state index is 14.3. The summed E-state index contributed by atoms with van der Waals surface area (Å²) in [6, 6.07) is 29.2. The minimum absolute atomic E-state index is 0.620. The Balaban J connectivity index is 1.38. The summed E-state index contributed by atoms with van der Waals surface area (Å²) in [4.78, 5) is 13.5.